The van der Waals surface area contributed by atoms with Crippen LogP contribution in [0.1, 0.15) is 37.2 Å². The number of benzene rings is 2. The first-order valence-corrected chi connectivity index (χ1v) is 9.37. The van der Waals surface area contributed by atoms with Crippen LogP contribution in [-0.2, 0) is 11.3 Å². The molecule has 1 aromatic heterocycles. The molecule has 0 aliphatic heterocycles. The molecule has 1 amide bonds. The molecule has 1 heterocycles. The molecule has 1 saturated carbocycles. The van der Waals surface area contributed by atoms with Gasteiger partial charge in [0.1, 0.15) is 12.1 Å². The van der Waals surface area contributed by atoms with E-state index in [0.29, 0.717) is 16.8 Å². The van der Waals surface area contributed by atoms with Crippen molar-refractivity contribution in [2.75, 3.05) is 0 Å². The zero-order valence-corrected chi connectivity index (χ0v) is 15.0. The molecule has 4 rings (SSSR count). The summed E-state index contributed by atoms with van der Waals surface area (Å²) in [5.74, 6) is 0.373. The molecular formula is C21H22N4O2. The summed E-state index contributed by atoms with van der Waals surface area (Å²) in [5, 5.41) is 11.4. The fourth-order valence-corrected chi connectivity index (χ4v) is 3.83. The predicted molar refractivity (Wildman–Crippen MR) is 103 cm³/mol. The average Bonchev–Trinajstić information content (AvgIpc) is 2.71. The standard InChI is InChI=1S/C21H22N4O2/c26-20(14-25-21(27)18-8-4-5-9-19(18)23-24-25)22-17-12-10-16(11-13-17)15-6-2-1-3-7-15/h1-9,16-17H,10-14H2,(H,22,26). The average molecular weight is 362 g/mol. The Balaban J connectivity index is 1.35. The SMILES string of the molecule is O=C(Cn1nnc2ccccc2c1=O)NC1CCC(c2ccccc2)CC1. The van der Waals surface area contributed by atoms with Crippen molar-refractivity contribution in [2.45, 2.75) is 44.2 Å². The van der Waals surface area contributed by atoms with Crippen molar-refractivity contribution in [3.63, 3.8) is 0 Å². The molecule has 1 aliphatic carbocycles. The van der Waals surface area contributed by atoms with Gasteiger partial charge in [0.15, 0.2) is 0 Å². The maximum absolute atomic E-state index is 12.4. The largest absolute Gasteiger partial charge is 0.352 e. The maximum atomic E-state index is 12.4. The van der Waals surface area contributed by atoms with Gasteiger partial charge in [0, 0.05) is 6.04 Å². The molecule has 6 heteroatoms. The number of nitrogens with one attached hydrogen (secondary N) is 1. The molecule has 3 aromatic rings. The summed E-state index contributed by atoms with van der Waals surface area (Å²) in [6, 6.07) is 17.7. The lowest BCUT2D eigenvalue weighted by Crippen LogP contribution is -2.41. The third-order valence-electron chi connectivity index (χ3n) is 5.29. The molecule has 2 aromatic carbocycles. The lowest BCUT2D eigenvalue weighted by molar-refractivity contribution is -0.122. The van der Waals surface area contributed by atoms with Gasteiger partial charge in [-0.05, 0) is 49.3 Å². The number of aromatic nitrogens is 3. The Morgan fingerprint density at radius 2 is 1.70 bits per heavy atom. The Hall–Kier alpha value is -3.02. The first kappa shape index (κ1) is 17.4. The first-order chi connectivity index (χ1) is 13.2. The highest BCUT2D eigenvalue weighted by molar-refractivity contribution is 5.78. The number of hydrogen-bond acceptors (Lipinski definition) is 4. The van der Waals surface area contributed by atoms with Gasteiger partial charge in [0.2, 0.25) is 5.91 Å². The minimum Gasteiger partial charge on any atom is -0.352 e. The molecule has 0 saturated heterocycles. The fourth-order valence-electron chi connectivity index (χ4n) is 3.83. The second-order valence-corrected chi connectivity index (χ2v) is 7.10. The van der Waals surface area contributed by atoms with Crippen molar-refractivity contribution in [1.29, 1.82) is 0 Å². The summed E-state index contributed by atoms with van der Waals surface area (Å²) in [5.41, 5.74) is 1.63. The van der Waals surface area contributed by atoms with Crippen LogP contribution in [0.15, 0.2) is 59.4 Å². The summed E-state index contributed by atoms with van der Waals surface area (Å²) in [6.45, 7) is -0.102. The molecule has 0 spiro atoms. The third kappa shape index (κ3) is 3.89. The van der Waals surface area contributed by atoms with Gasteiger partial charge in [-0.3, -0.25) is 9.59 Å². The van der Waals surface area contributed by atoms with Crippen LogP contribution >= 0.6 is 0 Å². The normalized spacial score (nSPS) is 19.7. The third-order valence-corrected chi connectivity index (χ3v) is 5.29. The number of hydrogen-bond donors (Lipinski definition) is 1. The zero-order valence-electron chi connectivity index (χ0n) is 15.0. The van der Waals surface area contributed by atoms with Crippen molar-refractivity contribution in [1.82, 2.24) is 20.3 Å². The van der Waals surface area contributed by atoms with Crippen molar-refractivity contribution in [2.24, 2.45) is 0 Å². The number of fused-ring (bicyclic) bond motifs is 1. The molecule has 0 atom stereocenters. The van der Waals surface area contributed by atoms with Crippen LogP contribution < -0.4 is 10.9 Å². The smallest absolute Gasteiger partial charge is 0.278 e. The van der Waals surface area contributed by atoms with E-state index in [-0.39, 0.29) is 24.1 Å². The predicted octanol–water partition coefficient (Wildman–Crippen LogP) is 2.63. The van der Waals surface area contributed by atoms with E-state index in [1.54, 1.807) is 24.3 Å². The highest BCUT2D eigenvalue weighted by Crippen LogP contribution is 2.32. The van der Waals surface area contributed by atoms with Crippen molar-refractivity contribution < 1.29 is 4.79 Å². The summed E-state index contributed by atoms with van der Waals surface area (Å²) in [4.78, 5) is 24.8. The van der Waals surface area contributed by atoms with Crippen LogP contribution in [-0.4, -0.2) is 26.9 Å². The van der Waals surface area contributed by atoms with Gasteiger partial charge in [-0.2, -0.15) is 0 Å². The van der Waals surface area contributed by atoms with E-state index in [1.165, 1.54) is 5.56 Å². The molecular weight excluding hydrogens is 340 g/mol. The minimum atomic E-state index is -0.288. The van der Waals surface area contributed by atoms with E-state index >= 15 is 0 Å². The maximum Gasteiger partial charge on any atom is 0.278 e. The molecule has 0 bridgehead atoms. The Morgan fingerprint density at radius 1 is 1.00 bits per heavy atom. The Morgan fingerprint density at radius 3 is 2.48 bits per heavy atom. The van der Waals surface area contributed by atoms with Gasteiger partial charge in [0.25, 0.3) is 5.56 Å². The van der Waals surface area contributed by atoms with E-state index in [1.807, 2.05) is 6.07 Å². The number of amides is 1. The van der Waals surface area contributed by atoms with Crippen LogP contribution in [0.25, 0.3) is 10.9 Å². The second kappa shape index (κ2) is 7.70. The van der Waals surface area contributed by atoms with Crippen LogP contribution in [0.2, 0.25) is 0 Å². The molecule has 6 nitrogen and oxygen atoms in total. The van der Waals surface area contributed by atoms with Crippen LogP contribution in [0.4, 0.5) is 0 Å². The quantitative estimate of drug-likeness (QED) is 0.774. The molecule has 138 valence electrons. The van der Waals surface area contributed by atoms with E-state index in [2.05, 4.69) is 39.9 Å². The number of rotatable bonds is 4. The Labute approximate surface area is 157 Å². The van der Waals surface area contributed by atoms with Crippen molar-refractivity contribution in [3.8, 4) is 0 Å². The molecule has 0 unspecified atom stereocenters. The van der Waals surface area contributed by atoms with Crippen molar-refractivity contribution >= 4 is 16.8 Å². The molecule has 1 fully saturated rings. The summed E-state index contributed by atoms with van der Waals surface area (Å²) < 4.78 is 1.13. The Bertz CT molecular complexity index is 992. The number of carbonyl (C=O) groups excluding carboxylic acids is 1. The van der Waals surface area contributed by atoms with Gasteiger partial charge in [0.05, 0.1) is 5.39 Å². The molecule has 1 N–H and O–H groups in total. The van der Waals surface area contributed by atoms with E-state index < -0.39 is 0 Å². The van der Waals surface area contributed by atoms with Gasteiger partial charge >= 0.3 is 0 Å². The number of carbonyl (C=O) groups is 1. The molecule has 1 aliphatic rings. The number of nitrogens with zero attached hydrogens (tertiary/aromatic N) is 3. The van der Waals surface area contributed by atoms with Gasteiger partial charge in [-0.25, -0.2) is 4.68 Å². The zero-order chi connectivity index (χ0) is 18.6. The highest BCUT2D eigenvalue weighted by atomic mass is 16.2. The van der Waals surface area contributed by atoms with Gasteiger partial charge in [-0.1, -0.05) is 47.7 Å². The minimum absolute atomic E-state index is 0.102. The molecule has 27 heavy (non-hydrogen) atoms. The monoisotopic (exact) mass is 362 g/mol. The topological polar surface area (TPSA) is 76.9 Å². The van der Waals surface area contributed by atoms with Gasteiger partial charge < -0.3 is 5.32 Å². The first-order valence-electron chi connectivity index (χ1n) is 9.37. The van der Waals surface area contributed by atoms with Crippen LogP contribution in [0.5, 0.6) is 0 Å². The lowest BCUT2D eigenvalue weighted by Gasteiger charge is -2.29. The van der Waals surface area contributed by atoms with Crippen molar-refractivity contribution in [3.05, 3.63) is 70.5 Å². The van der Waals surface area contributed by atoms with E-state index in [0.717, 1.165) is 30.4 Å². The fraction of sp³-hybridized carbons (Fsp3) is 0.333. The summed E-state index contributed by atoms with van der Waals surface area (Å²) in [7, 11) is 0. The highest BCUT2D eigenvalue weighted by Gasteiger charge is 2.23. The van der Waals surface area contributed by atoms with E-state index in [9.17, 15) is 9.59 Å². The Kier molecular flexibility index (Phi) is 4.96. The van der Waals surface area contributed by atoms with Crippen LogP contribution in [0, 0.1) is 0 Å². The summed E-state index contributed by atoms with van der Waals surface area (Å²) >= 11 is 0. The summed E-state index contributed by atoms with van der Waals surface area (Å²) in [6.07, 6.45) is 4.02. The molecule has 0 radical (unpaired) electrons. The second-order valence-electron chi connectivity index (χ2n) is 7.10. The van der Waals surface area contributed by atoms with Crippen LogP contribution in [0.3, 0.4) is 0 Å². The van der Waals surface area contributed by atoms with E-state index in [4.69, 9.17) is 0 Å². The van der Waals surface area contributed by atoms with Gasteiger partial charge in [-0.15, -0.1) is 5.10 Å². The lowest BCUT2D eigenvalue weighted by atomic mass is 9.82.